The van der Waals surface area contributed by atoms with E-state index in [1.807, 2.05) is 66.7 Å². The zero-order chi connectivity index (χ0) is 60.9. The Morgan fingerprint density at radius 2 is 1.09 bits per heavy atom. The maximum Gasteiger partial charge on any atom is 0.310 e. The van der Waals surface area contributed by atoms with E-state index in [2.05, 4.69) is 175 Å². The number of carbonyl (C=O) groups is 1. The molecule has 4 aliphatic carbocycles. The van der Waals surface area contributed by atoms with Crippen molar-refractivity contribution >= 4 is 5.97 Å². The van der Waals surface area contributed by atoms with E-state index in [1.165, 1.54) is 11.1 Å². The lowest BCUT2D eigenvalue weighted by atomic mass is 9.34. The van der Waals surface area contributed by atoms with Crippen molar-refractivity contribution in [2.75, 3.05) is 19.8 Å². The summed E-state index contributed by atoms with van der Waals surface area (Å²) in [6.45, 7) is 20.6. The Balaban J connectivity index is 0.923. The van der Waals surface area contributed by atoms with E-state index in [0.29, 0.717) is 58.0 Å². The summed E-state index contributed by atoms with van der Waals surface area (Å²) < 4.78 is 57.7. The smallest absolute Gasteiger partial charge is 0.310 e. The van der Waals surface area contributed by atoms with Gasteiger partial charge in [-0.05, 0) is 112 Å². The van der Waals surface area contributed by atoms with Gasteiger partial charge < -0.3 is 43.2 Å². The zero-order valence-electron chi connectivity index (χ0n) is 53.1. The predicted molar refractivity (Wildman–Crippen MR) is 344 cm³/mol. The molecule has 6 aliphatic rings. The fraction of sp³-hybridized carbons (Fsp3) is 0.500. The first kappa shape index (κ1) is 62.4. The van der Waals surface area contributed by atoms with E-state index in [1.54, 1.807) is 0 Å². The van der Waals surface area contributed by atoms with E-state index in [4.69, 9.17) is 37.9 Å². The van der Waals surface area contributed by atoms with Crippen molar-refractivity contribution in [3.05, 3.63) is 227 Å². The first-order valence-corrected chi connectivity index (χ1v) is 32.9. The molecule has 12 rings (SSSR count). The largest absolute Gasteiger partial charge is 0.461 e. The molecule has 2 saturated heterocycles. The molecule has 3 unspecified atom stereocenters. The van der Waals surface area contributed by atoms with Crippen LogP contribution in [0, 0.1) is 56.7 Å². The van der Waals surface area contributed by atoms with Gasteiger partial charge in [0, 0.05) is 23.4 Å². The number of hydrogen-bond acceptors (Lipinski definition) is 10. The van der Waals surface area contributed by atoms with E-state index >= 15 is 4.79 Å². The van der Waals surface area contributed by atoms with Crippen LogP contribution in [0.2, 0.25) is 0 Å². The fourth-order valence-corrected chi connectivity index (χ4v) is 17.7. The van der Waals surface area contributed by atoms with Gasteiger partial charge in [0.1, 0.15) is 31.0 Å². The number of rotatable bonds is 23. The Kier molecular flexibility index (Phi) is 19.1. The highest BCUT2D eigenvalue weighted by atomic mass is 16.7. The highest BCUT2D eigenvalue weighted by molar-refractivity contribution is 5.75. The highest BCUT2D eigenvalue weighted by Crippen LogP contribution is 2.75. The lowest BCUT2D eigenvalue weighted by Gasteiger charge is -2.71. The first-order valence-electron chi connectivity index (χ1n) is 32.9. The summed E-state index contributed by atoms with van der Waals surface area (Å²) in [7, 11) is 0. The highest BCUT2D eigenvalue weighted by Gasteiger charge is 2.72. The summed E-state index contributed by atoms with van der Waals surface area (Å²) >= 11 is 0. The van der Waals surface area contributed by atoms with Crippen molar-refractivity contribution in [3.8, 4) is 0 Å². The van der Waals surface area contributed by atoms with Crippen LogP contribution in [0.4, 0.5) is 0 Å². The molecule has 6 aromatic carbocycles. The Hall–Kier alpha value is -5.79. The third-order valence-corrected chi connectivity index (χ3v) is 22.9. The van der Waals surface area contributed by atoms with Crippen LogP contribution in [0.15, 0.2) is 194 Å². The molecule has 1 N–H and O–H groups in total. The van der Waals surface area contributed by atoms with Gasteiger partial charge in [-0.3, -0.25) is 4.79 Å². The van der Waals surface area contributed by atoms with Crippen LogP contribution in [-0.4, -0.2) is 68.6 Å². The molecule has 16 atom stereocenters. The monoisotopic (exact) mass is 1190 g/mol. The van der Waals surface area contributed by atoms with Crippen LogP contribution in [0.5, 0.6) is 0 Å². The van der Waals surface area contributed by atoms with Crippen molar-refractivity contribution in [1.82, 2.24) is 5.32 Å². The van der Waals surface area contributed by atoms with Crippen molar-refractivity contribution in [1.29, 1.82) is 0 Å². The number of nitrogens with one attached hydrogen (secondary N) is 1. The van der Waals surface area contributed by atoms with Crippen LogP contribution < -0.4 is 5.32 Å². The maximum absolute atomic E-state index is 15.3. The van der Waals surface area contributed by atoms with Crippen molar-refractivity contribution in [2.24, 2.45) is 56.7 Å². The Labute approximate surface area is 524 Å². The molecule has 3 saturated carbocycles. The Bertz CT molecular complexity index is 3230. The van der Waals surface area contributed by atoms with Gasteiger partial charge >= 0.3 is 5.97 Å². The number of carbonyl (C=O) groups excluding carboxylic acids is 1. The molecule has 10 heteroatoms. The summed E-state index contributed by atoms with van der Waals surface area (Å²) in [4.78, 5) is 15.3. The number of fused-ring (bicyclic) bond motifs is 3. The summed E-state index contributed by atoms with van der Waals surface area (Å²) in [5, 5.41) is 4.21. The van der Waals surface area contributed by atoms with E-state index in [0.717, 1.165) is 66.3 Å². The molecule has 0 radical (unpaired) electrons. The lowest BCUT2D eigenvalue weighted by molar-refractivity contribution is -0.357. The average Bonchev–Trinajstić information content (AvgIpc) is 0.680. The second kappa shape index (κ2) is 27.0. The number of allylic oxidation sites excluding steroid dienone is 1. The molecule has 466 valence electrons. The minimum atomic E-state index is -0.906. The average molecular weight is 1190 g/mol. The van der Waals surface area contributed by atoms with Gasteiger partial charge in [-0.1, -0.05) is 242 Å². The molecule has 88 heavy (non-hydrogen) atoms. The molecular formula is C78H95NO9. The third-order valence-electron chi connectivity index (χ3n) is 22.9. The molecule has 2 bridgehead atoms. The van der Waals surface area contributed by atoms with Gasteiger partial charge in [-0.25, -0.2) is 0 Å². The number of benzene rings is 6. The second-order valence-corrected chi connectivity index (χ2v) is 28.2. The SMILES string of the molecule is CC(C)[C@@H](C)[C@@]1(C)CC[C@]2(C)[C@H]3CC[C@H]4C5(C)COC[C@@]4(C[C@@H](NCc4ccccc4)[C@@H]5O[C@@H]4OC(COCc5ccccc5)[C@H](OCc5ccccc5)[C@H](OCc5ccccc5)C4OCc4ccccc4)C3=CC[C@@]2(C)[C@@H]1C(=O)OCc1ccccc1. The molecule has 0 spiro atoms. The standard InChI is InChI=1S/C78H95NO9/c1-54(2)55(3)74(4)42-43-76(6)62-38-39-66-75(5)52-82-53-78(66,63(62)40-41-77(76,7)70(74)72(80)86-50-61-36-24-13-25-37-61)44-64(79-45-56-26-14-8-15-27-56)71(75)88-73-69(85-49-60-34-22-12-23-35-60)68(84-48-59-32-20-11-21-33-59)67(83-47-58-30-18-10-19-31-58)65(87-73)51-81-46-57-28-16-9-17-29-57/h8-37,40,54-55,62,64-71,73,79H,38-39,41-53H2,1-7H3/t55-,62+,64-,65?,66+,67+,68+,69?,70-,71+,73+,74-,75?,76-,77+,78+/m1/s1. The van der Waals surface area contributed by atoms with Crippen LogP contribution >= 0.6 is 0 Å². The van der Waals surface area contributed by atoms with Gasteiger partial charge in [-0.2, -0.15) is 0 Å². The second-order valence-electron chi connectivity index (χ2n) is 28.2. The summed E-state index contributed by atoms with van der Waals surface area (Å²) in [6, 6.07) is 62.1. The van der Waals surface area contributed by atoms with Crippen molar-refractivity contribution in [3.63, 3.8) is 0 Å². The molecule has 0 amide bonds. The van der Waals surface area contributed by atoms with Crippen LogP contribution in [-0.2, 0) is 82.3 Å². The summed E-state index contributed by atoms with van der Waals surface area (Å²) in [5.41, 5.74) is 6.41. The van der Waals surface area contributed by atoms with E-state index in [9.17, 15) is 0 Å². The molecule has 10 nitrogen and oxygen atoms in total. The first-order chi connectivity index (χ1) is 42.7. The van der Waals surface area contributed by atoms with E-state index < -0.39 is 36.1 Å². The topological polar surface area (TPSA) is 103 Å². The zero-order valence-corrected chi connectivity index (χ0v) is 53.1. The normalized spacial score (nSPS) is 33.7. The minimum absolute atomic E-state index is 0.0462. The predicted octanol–water partition coefficient (Wildman–Crippen LogP) is 15.5. The number of hydrogen-bond donors (Lipinski definition) is 1. The molecule has 0 aromatic heterocycles. The molecule has 2 heterocycles. The van der Waals surface area contributed by atoms with E-state index in [-0.39, 0.29) is 70.7 Å². The third kappa shape index (κ3) is 12.4. The van der Waals surface area contributed by atoms with Crippen LogP contribution in [0.1, 0.15) is 120 Å². The summed E-state index contributed by atoms with van der Waals surface area (Å²) in [6.07, 6.45) is 4.40. The Morgan fingerprint density at radius 1 is 0.580 bits per heavy atom. The van der Waals surface area contributed by atoms with Crippen molar-refractivity contribution in [2.45, 2.75) is 169 Å². The summed E-state index contributed by atoms with van der Waals surface area (Å²) in [5.74, 6) is 0.883. The number of esters is 1. The molecular weight excluding hydrogens is 1090 g/mol. The van der Waals surface area contributed by atoms with Crippen LogP contribution in [0.25, 0.3) is 0 Å². The van der Waals surface area contributed by atoms with Crippen molar-refractivity contribution < 1.29 is 42.7 Å². The molecule has 2 aliphatic heterocycles. The Morgan fingerprint density at radius 3 is 1.65 bits per heavy atom. The maximum atomic E-state index is 15.3. The fourth-order valence-electron chi connectivity index (χ4n) is 17.7. The number of ether oxygens (including phenoxy) is 8. The van der Waals surface area contributed by atoms with Gasteiger partial charge in [0.2, 0.25) is 0 Å². The van der Waals surface area contributed by atoms with Gasteiger partial charge in [-0.15, -0.1) is 0 Å². The lowest BCUT2D eigenvalue weighted by Crippen LogP contribution is -2.72. The molecule has 5 fully saturated rings. The quantitative estimate of drug-likeness (QED) is 0.0379. The van der Waals surface area contributed by atoms with Gasteiger partial charge in [0.25, 0.3) is 0 Å². The van der Waals surface area contributed by atoms with Crippen LogP contribution in [0.3, 0.4) is 0 Å². The van der Waals surface area contributed by atoms with Gasteiger partial charge in [0.05, 0.1) is 58.3 Å². The molecule has 6 aromatic rings. The van der Waals surface area contributed by atoms with Gasteiger partial charge in [0.15, 0.2) is 6.29 Å². The minimum Gasteiger partial charge on any atom is -0.461 e.